The molecule has 28 heavy (non-hydrogen) atoms. The SMILES string of the molecule is CC(C)[C@@H](CO)Nc1nc(Nc2cccc(SC(F)(F)F)c2)cc(C2CC2)n1. The lowest BCUT2D eigenvalue weighted by Gasteiger charge is -2.20. The first kappa shape index (κ1) is 20.7. The number of alkyl halides is 3. The minimum atomic E-state index is -4.33. The maximum absolute atomic E-state index is 12.6. The number of aromatic nitrogens is 2. The summed E-state index contributed by atoms with van der Waals surface area (Å²) in [5, 5.41) is 15.8. The third kappa shape index (κ3) is 6.00. The minimum absolute atomic E-state index is 0.0475. The number of nitrogens with one attached hydrogen (secondary N) is 2. The maximum atomic E-state index is 12.6. The predicted molar refractivity (Wildman–Crippen MR) is 105 cm³/mol. The third-order valence-corrected chi connectivity index (χ3v) is 5.12. The quantitative estimate of drug-likeness (QED) is 0.522. The summed E-state index contributed by atoms with van der Waals surface area (Å²) in [7, 11) is 0. The number of benzene rings is 1. The summed E-state index contributed by atoms with van der Waals surface area (Å²) in [6.45, 7) is 3.93. The average Bonchev–Trinajstić information content (AvgIpc) is 3.43. The first-order chi connectivity index (χ1) is 13.2. The van der Waals surface area contributed by atoms with E-state index in [1.165, 1.54) is 12.1 Å². The zero-order chi connectivity index (χ0) is 20.3. The highest BCUT2D eigenvalue weighted by Crippen LogP contribution is 2.41. The molecule has 152 valence electrons. The fourth-order valence-electron chi connectivity index (χ4n) is 2.69. The summed E-state index contributed by atoms with van der Waals surface area (Å²) < 4.78 is 37.8. The maximum Gasteiger partial charge on any atom is 0.446 e. The van der Waals surface area contributed by atoms with Crippen molar-refractivity contribution in [2.45, 2.75) is 49.1 Å². The number of anilines is 3. The van der Waals surface area contributed by atoms with Gasteiger partial charge in [0.15, 0.2) is 0 Å². The molecule has 1 heterocycles. The Morgan fingerprint density at radius 1 is 1.21 bits per heavy atom. The molecule has 1 aromatic carbocycles. The molecule has 0 bridgehead atoms. The van der Waals surface area contributed by atoms with Gasteiger partial charge in [-0.15, -0.1) is 0 Å². The fourth-order valence-corrected chi connectivity index (χ4v) is 3.29. The fraction of sp³-hybridized carbons (Fsp3) is 0.474. The summed E-state index contributed by atoms with van der Waals surface area (Å²) >= 11 is -0.152. The number of aliphatic hydroxyl groups excluding tert-OH is 1. The predicted octanol–water partition coefficient (Wildman–Crippen LogP) is 5.14. The molecule has 0 radical (unpaired) electrons. The highest BCUT2D eigenvalue weighted by atomic mass is 32.2. The molecule has 0 aliphatic heterocycles. The van der Waals surface area contributed by atoms with Crippen molar-refractivity contribution in [2.75, 3.05) is 17.2 Å². The van der Waals surface area contributed by atoms with Crippen LogP contribution in [0.5, 0.6) is 0 Å². The Morgan fingerprint density at radius 3 is 2.57 bits per heavy atom. The lowest BCUT2D eigenvalue weighted by molar-refractivity contribution is -0.0328. The van der Waals surface area contributed by atoms with Crippen molar-refractivity contribution < 1.29 is 18.3 Å². The van der Waals surface area contributed by atoms with E-state index in [2.05, 4.69) is 20.6 Å². The van der Waals surface area contributed by atoms with Crippen LogP contribution in [0.3, 0.4) is 0 Å². The topological polar surface area (TPSA) is 70.1 Å². The molecule has 3 N–H and O–H groups in total. The van der Waals surface area contributed by atoms with Crippen LogP contribution in [0.25, 0.3) is 0 Å². The summed E-state index contributed by atoms with van der Waals surface area (Å²) in [4.78, 5) is 9.09. The standard InChI is InChI=1S/C19H23F3N4OS/c1-11(2)16(10-27)25-18-24-15(12-6-7-12)9-17(26-18)23-13-4-3-5-14(8-13)28-19(20,21)22/h3-5,8-9,11-12,16,27H,6-7,10H2,1-2H3,(H2,23,24,25,26)/t16-/m1/s1. The van der Waals surface area contributed by atoms with Gasteiger partial charge in [-0.05, 0) is 48.7 Å². The van der Waals surface area contributed by atoms with Crippen molar-refractivity contribution in [3.8, 4) is 0 Å². The van der Waals surface area contributed by atoms with Crippen LogP contribution in [0.2, 0.25) is 0 Å². The molecule has 1 atom stereocenters. The lowest BCUT2D eigenvalue weighted by atomic mass is 10.1. The van der Waals surface area contributed by atoms with E-state index >= 15 is 0 Å². The monoisotopic (exact) mass is 412 g/mol. The van der Waals surface area contributed by atoms with Crippen LogP contribution in [0.1, 0.15) is 38.3 Å². The van der Waals surface area contributed by atoms with Gasteiger partial charge in [0.2, 0.25) is 5.95 Å². The number of rotatable bonds is 8. The van der Waals surface area contributed by atoms with Crippen LogP contribution < -0.4 is 10.6 Å². The number of thioether (sulfide) groups is 1. The molecule has 9 heteroatoms. The number of halogens is 3. The molecule has 5 nitrogen and oxygen atoms in total. The van der Waals surface area contributed by atoms with E-state index in [0.717, 1.165) is 18.5 Å². The summed E-state index contributed by atoms with van der Waals surface area (Å²) in [5.74, 6) is 1.47. The zero-order valence-electron chi connectivity index (χ0n) is 15.6. The van der Waals surface area contributed by atoms with Gasteiger partial charge < -0.3 is 15.7 Å². The normalized spacial score (nSPS) is 15.5. The Bertz CT molecular complexity index is 812. The van der Waals surface area contributed by atoms with Gasteiger partial charge in [0.05, 0.1) is 18.3 Å². The Balaban J connectivity index is 1.82. The van der Waals surface area contributed by atoms with E-state index in [9.17, 15) is 18.3 Å². The van der Waals surface area contributed by atoms with Crippen molar-refractivity contribution in [1.29, 1.82) is 0 Å². The number of aliphatic hydroxyl groups is 1. The third-order valence-electron chi connectivity index (χ3n) is 4.40. The van der Waals surface area contributed by atoms with Gasteiger partial charge in [0.25, 0.3) is 0 Å². The van der Waals surface area contributed by atoms with Crippen LogP contribution in [0.15, 0.2) is 35.2 Å². The Hall–Kier alpha value is -2.00. The van der Waals surface area contributed by atoms with Crippen LogP contribution in [0.4, 0.5) is 30.6 Å². The zero-order valence-corrected chi connectivity index (χ0v) is 16.4. The van der Waals surface area contributed by atoms with Crippen molar-refractivity contribution >= 4 is 29.2 Å². The van der Waals surface area contributed by atoms with Gasteiger partial charge in [0, 0.05) is 22.6 Å². The molecule has 1 aliphatic rings. The molecule has 2 aromatic rings. The van der Waals surface area contributed by atoms with Crippen LogP contribution in [-0.2, 0) is 0 Å². The first-order valence-electron chi connectivity index (χ1n) is 9.12. The van der Waals surface area contributed by atoms with E-state index in [-0.39, 0.29) is 35.2 Å². The number of hydrogen-bond donors (Lipinski definition) is 3. The Morgan fingerprint density at radius 2 is 1.96 bits per heavy atom. The molecular formula is C19H23F3N4OS. The molecule has 0 amide bonds. The van der Waals surface area contributed by atoms with Crippen molar-refractivity contribution in [3.05, 3.63) is 36.0 Å². The van der Waals surface area contributed by atoms with Crippen LogP contribution >= 0.6 is 11.8 Å². The van der Waals surface area contributed by atoms with Gasteiger partial charge >= 0.3 is 5.51 Å². The van der Waals surface area contributed by atoms with Crippen LogP contribution in [-0.4, -0.2) is 33.2 Å². The smallest absolute Gasteiger partial charge is 0.394 e. The summed E-state index contributed by atoms with van der Waals surface area (Å²) in [6, 6.07) is 7.76. The van der Waals surface area contributed by atoms with Crippen molar-refractivity contribution in [3.63, 3.8) is 0 Å². The molecule has 1 aliphatic carbocycles. The summed E-state index contributed by atoms with van der Waals surface area (Å²) in [5.41, 5.74) is -2.93. The molecular weight excluding hydrogens is 389 g/mol. The van der Waals surface area contributed by atoms with E-state index in [1.54, 1.807) is 12.1 Å². The lowest BCUT2D eigenvalue weighted by Crippen LogP contribution is -2.30. The Kier molecular flexibility index (Phi) is 6.34. The molecule has 1 saturated carbocycles. The van der Waals surface area contributed by atoms with Gasteiger partial charge in [-0.2, -0.15) is 18.2 Å². The number of hydrogen-bond acceptors (Lipinski definition) is 6. The molecule has 0 saturated heterocycles. The Labute approximate surface area is 166 Å². The van der Waals surface area contributed by atoms with E-state index in [4.69, 9.17) is 0 Å². The number of nitrogens with zero attached hydrogens (tertiary/aromatic N) is 2. The highest BCUT2D eigenvalue weighted by molar-refractivity contribution is 8.00. The second-order valence-corrected chi connectivity index (χ2v) is 8.29. The van der Waals surface area contributed by atoms with E-state index in [1.807, 2.05) is 19.9 Å². The van der Waals surface area contributed by atoms with Crippen molar-refractivity contribution in [2.24, 2.45) is 5.92 Å². The van der Waals surface area contributed by atoms with Gasteiger partial charge in [-0.25, -0.2) is 4.98 Å². The van der Waals surface area contributed by atoms with E-state index in [0.29, 0.717) is 23.4 Å². The molecule has 3 rings (SSSR count). The average molecular weight is 412 g/mol. The summed E-state index contributed by atoms with van der Waals surface area (Å²) in [6.07, 6.45) is 2.11. The van der Waals surface area contributed by atoms with Crippen molar-refractivity contribution in [1.82, 2.24) is 9.97 Å². The molecule has 1 fully saturated rings. The molecule has 1 aromatic heterocycles. The second kappa shape index (κ2) is 8.57. The van der Waals surface area contributed by atoms with Crippen LogP contribution in [0, 0.1) is 5.92 Å². The van der Waals surface area contributed by atoms with E-state index < -0.39 is 5.51 Å². The largest absolute Gasteiger partial charge is 0.446 e. The molecule has 0 unspecified atom stereocenters. The second-order valence-electron chi connectivity index (χ2n) is 7.15. The highest BCUT2D eigenvalue weighted by Gasteiger charge is 2.29. The molecule has 0 spiro atoms. The first-order valence-corrected chi connectivity index (χ1v) is 9.94. The minimum Gasteiger partial charge on any atom is -0.394 e. The van der Waals surface area contributed by atoms with Gasteiger partial charge in [-0.3, -0.25) is 0 Å². The van der Waals surface area contributed by atoms with Gasteiger partial charge in [0.1, 0.15) is 5.82 Å². The van der Waals surface area contributed by atoms with Gasteiger partial charge in [-0.1, -0.05) is 19.9 Å².